The number of benzene rings is 4. The highest BCUT2D eigenvalue weighted by Gasteiger charge is 2.29. The molecule has 2 unspecified atom stereocenters. The second kappa shape index (κ2) is 14.2. The minimum absolute atomic E-state index is 0.0285. The Morgan fingerprint density at radius 3 is 2.29 bits per heavy atom. The van der Waals surface area contributed by atoms with Gasteiger partial charge in [-0.1, -0.05) is 66.2 Å². The summed E-state index contributed by atoms with van der Waals surface area (Å²) in [7, 11) is 1.58. The highest BCUT2D eigenvalue weighted by molar-refractivity contribution is 7.76. The molecule has 0 amide bonds. The molecule has 0 saturated heterocycles. The van der Waals surface area contributed by atoms with E-state index in [2.05, 4.69) is 0 Å². The predicted molar refractivity (Wildman–Crippen MR) is 171 cm³/mol. The summed E-state index contributed by atoms with van der Waals surface area (Å²) in [6, 6.07) is 24.8. The van der Waals surface area contributed by atoms with Gasteiger partial charge >= 0.3 is 0 Å². The van der Waals surface area contributed by atoms with E-state index < -0.39 is 28.9 Å². The molecule has 5 rings (SSSR count). The number of pyridine rings is 1. The van der Waals surface area contributed by atoms with Crippen molar-refractivity contribution in [3.05, 3.63) is 147 Å². The van der Waals surface area contributed by atoms with Crippen molar-refractivity contribution >= 4 is 22.9 Å². The first-order valence-electron chi connectivity index (χ1n) is 13.9. The molecule has 0 aliphatic heterocycles. The molecule has 5 aromatic rings. The van der Waals surface area contributed by atoms with Gasteiger partial charge in [0.15, 0.2) is 11.6 Å². The molecule has 232 valence electrons. The van der Waals surface area contributed by atoms with E-state index in [4.69, 9.17) is 21.1 Å². The summed E-state index contributed by atoms with van der Waals surface area (Å²) in [4.78, 5) is 12.6. The molecule has 0 fully saturated rings. The van der Waals surface area contributed by atoms with Crippen LogP contribution in [0.5, 0.6) is 17.2 Å². The van der Waals surface area contributed by atoms with E-state index in [1.54, 1.807) is 62.6 Å². The summed E-state index contributed by atoms with van der Waals surface area (Å²) in [5.41, 5.74) is 2.47. The van der Waals surface area contributed by atoms with Gasteiger partial charge in [-0.3, -0.25) is 9.35 Å². The summed E-state index contributed by atoms with van der Waals surface area (Å²) in [5.74, 6) is -1.44. The summed E-state index contributed by atoms with van der Waals surface area (Å²) < 4.78 is 66.6. The Morgan fingerprint density at radius 2 is 1.60 bits per heavy atom. The van der Waals surface area contributed by atoms with Crippen LogP contribution in [0.15, 0.2) is 108 Å². The quantitative estimate of drug-likeness (QED) is 0.147. The fourth-order valence-electron chi connectivity index (χ4n) is 4.97. The number of rotatable bonds is 11. The lowest BCUT2D eigenvalue weighted by atomic mass is 9.94. The van der Waals surface area contributed by atoms with Gasteiger partial charge in [0.2, 0.25) is 11.3 Å². The van der Waals surface area contributed by atoms with Crippen LogP contribution >= 0.6 is 11.6 Å². The van der Waals surface area contributed by atoms with Crippen molar-refractivity contribution in [2.24, 2.45) is 7.05 Å². The lowest BCUT2D eigenvalue weighted by molar-refractivity contribution is 0.339. The highest BCUT2D eigenvalue weighted by atomic mass is 35.5. The van der Waals surface area contributed by atoms with E-state index in [0.717, 1.165) is 12.1 Å². The molecule has 0 bridgehead atoms. The molecule has 7 nitrogen and oxygen atoms in total. The molecule has 1 heterocycles. The van der Waals surface area contributed by atoms with Crippen LogP contribution in [0, 0.1) is 11.6 Å². The normalized spacial score (nSPS) is 12.6. The largest absolute Gasteiger partial charge is 0.493 e. The van der Waals surface area contributed by atoms with Crippen molar-refractivity contribution in [3.63, 3.8) is 0 Å². The number of hydrogen-bond acceptors (Lipinski definition) is 4. The first-order valence-corrected chi connectivity index (χ1v) is 15.4. The van der Waals surface area contributed by atoms with Crippen LogP contribution in [0.25, 0.3) is 11.1 Å². The van der Waals surface area contributed by atoms with E-state index in [1.807, 2.05) is 30.3 Å². The molecule has 45 heavy (non-hydrogen) atoms. The Labute approximate surface area is 266 Å². The third-order valence-electron chi connectivity index (χ3n) is 7.10. The third kappa shape index (κ3) is 7.32. The molecule has 0 aliphatic rings. The van der Waals surface area contributed by atoms with Crippen molar-refractivity contribution in [2.75, 3.05) is 6.61 Å². The monoisotopic (exact) mass is 650 g/mol. The molecule has 0 radical (unpaired) electrons. The second-order valence-corrected chi connectivity index (χ2v) is 11.4. The van der Waals surface area contributed by atoms with Gasteiger partial charge < -0.3 is 14.0 Å². The zero-order chi connectivity index (χ0) is 32.1. The summed E-state index contributed by atoms with van der Waals surface area (Å²) in [6.45, 7) is 2.06. The molecule has 4 aromatic carbocycles. The van der Waals surface area contributed by atoms with Crippen LogP contribution in [0.2, 0.25) is 5.02 Å². The summed E-state index contributed by atoms with van der Waals surface area (Å²) in [5, 5.41) is 0.442. The van der Waals surface area contributed by atoms with Gasteiger partial charge in [0.1, 0.15) is 17.3 Å². The lowest BCUT2D eigenvalue weighted by Crippen LogP contribution is -2.31. The Kier molecular flexibility index (Phi) is 10.1. The fraction of sp³-hybridized carbons (Fsp3) is 0.147. The smallest absolute Gasteiger partial charge is 0.254 e. The Bertz CT molecular complexity index is 1900. The van der Waals surface area contributed by atoms with E-state index >= 15 is 0 Å². The molecule has 2 atom stereocenters. The zero-order valence-electron chi connectivity index (χ0n) is 24.3. The average Bonchev–Trinajstić information content (AvgIpc) is 3.02. The predicted octanol–water partition coefficient (Wildman–Crippen LogP) is 7.90. The SMILES string of the molecule is CCOc1cc(=O)n(C)cc1-c1cc(C(c2ccccc2)N(Cc2ccccc2Cl)S(=O)O)ccc1Oc1ccc(F)cc1F. The number of ether oxygens (including phenoxy) is 2. The number of halogens is 3. The molecule has 1 N–H and O–H groups in total. The van der Waals surface area contributed by atoms with Crippen molar-refractivity contribution in [1.29, 1.82) is 0 Å². The van der Waals surface area contributed by atoms with Gasteiger partial charge in [-0.15, -0.1) is 0 Å². The van der Waals surface area contributed by atoms with Gasteiger partial charge in [0.05, 0.1) is 12.6 Å². The molecule has 0 spiro atoms. The van der Waals surface area contributed by atoms with E-state index in [9.17, 15) is 22.3 Å². The highest BCUT2D eigenvalue weighted by Crippen LogP contribution is 2.42. The van der Waals surface area contributed by atoms with E-state index in [-0.39, 0.29) is 36.0 Å². The topological polar surface area (TPSA) is 81.0 Å². The van der Waals surface area contributed by atoms with E-state index in [0.29, 0.717) is 32.8 Å². The van der Waals surface area contributed by atoms with Crippen LogP contribution in [0.1, 0.15) is 29.7 Å². The first kappa shape index (κ1) is 32.1. The number of aryl methyl sites for hydroxylation is 1. The zero-order valence-corrected chi connectivity index (χ0v) is 25.9. The van der Waals surface area contributed by atoms with Crippen molar-refractivity contribution in [3.8, 4) is 28.4 Å². The maximum Gasteiger partial charge on any atom is 0.254 e. The van der Waals surface area contributed by atoms with Crippen molar-refractivity contribution < 1.29 is 27.0 Å². The fourth-order valence-corrected chi connectivity index (χ4v) is 5.84. The standard InChI is InChI=1S/C34H29ClF2N2O5S/c1-3-43-32-19-33(40)38(2)21-27(32)26-17-23(13-15-30(26)44-31-16-14-25(36)18-29(31)37)34(22-9-5-4-6-10-22)39(45(41)42)20-24-11-7-8-12-28(24)35/h4-19,21,34H,3,20H2,1-2H3,(H,41,42). The number of nitrogens with zero attached hydrogens (tertiary/aromatic N) is 2. The maximum atomic E-state index is 14.7. The molecule has 0 aliphatic carbocycles. The second-order valence-electron chi connectivity index (χ2n) is 10.1. The summed E-state index contributed by atoms with van der Waals surface area (Å²) in [6.07, 6.45) is 1.57. The van der Waals surface area contributed by atoms with Gasteiger partial charge in [-0.05, 0) is 53.9 Å². The first-order chi connectivity index (χ1) is 21.7. The van der Waals surface area contributed by atoms with Crippen molar-refractivity contribution in [2.45, 2.75) is 19.5 Å². The molecule has 0 saturated carbocycles. The van der Waals surface area contributed by atoms with Crippen LogP contribution < -0.4 is 15.0 Å². The summed E-state index contributed by atoms with van der Waals surface area (Å²) >= 11 is 3.99. The number of hydrogen-bond donors (Lipinski definition) is 1. The maximum absolute atomic E-state index is 14.7. The van der Waals surface area contributed by atoms with Gasteiger partial charge in [0, 0.05) is 48.1 Å². The third-order valence-corrected chi connectivity index (χ3v) is 8.21. The van der Waals surface area contributed by atoms with Crippen molar-refractivity contribution in [1.82, 2.24) is 8.87 Å². The molecular weight excluding hydrogens is 622 g/mol. The van der Waals surface area contributed by atoms with Crippen LogP contribution in [-0.4, -0.2) is 24.2 Å². The lowest BCUT2D eigenvalue weighted by Gasteiger charge is -2.30. The molecule has 1 aromatic heterocycles. The van der Waals surface area contributed by atoms with Crippen LogP contribution in [0.4, 0.5) is 8.78 Å². The van der Waals surface area contributed by atoms with Crippen LogP contribution in [-0.2, 0) is 24.9 Å². The number of aromatic nitrogens is 1. The van der Waals surface area contributed by atoms with Gasteiger partial charge in [-0.25, -0.2) is 13.0 Å². The molecular formula is C34H29ClF2N2O5S. The van der Waals surface area contributed by atoms with E-state index in [1.165, 1.54) is 21.0 Å². The molecule has 11 heteroatoms. The Balaban J connectivity index is 1.74. The minimum atomic E-state index is -2.46. The average molecular weight is 651 g/mol. The van der Waals surface area contributed by atoms with Gasteiger partial charge in [-0.2, -0.15) is 4.31 Å². The van der Waals surface area contributed by atoms with Gasteiger partial charge in [0.25, 0.3) is 5.56 Å². The Hall–Kier alpha value is -4.35. The van der Waals surface area contributed by atoms with Crippen LogP contribution in [0.3, 0.4) is 0 Å². The Morgan fingerprint density at radius 1 is 0.889 bits per heavy atom. The minimum Gasteiger partial charge on any atom is -0.493 e.